The molecule has 4 heteroatoms. The summed E-state index contributed by atoms with van der Waals surface area (Å²) in [6.45, 7) is 8.34. The van der Waals surface area contributed by atoms with Crippen LogP contribution < -0.4 is 11.3 Å². The second kappa shape index (κ2) is 6.69. The third-order valence-corrected chi connectivity index (χ3v) is 3.62. The Morgan fingerprint density at radius 3 is 2.35 bits per heavy atom. The first-order valence-corrected chi connectivity index (χ1v) is 6.55. The van der Waals surface area contributed by atoms with E-state index in [2.05, 4.69) is 26.2 Å². The fourth-order valence-corrected chi connectivity index (χ4v) is 2.74. The molecule has 0 aromatic carbocycles. The molecule has 2 atom stereocenters. The van der Waals surface area contributed by atoms with Crippen molar-refractivity contribution in [3.63, 3.8) is 0 Å². The normalized spacial score (nSPS) is 22.4. The molecule has 0 amide bonds. The van der Waals surface area contributed by atoms with Gasteiger partial charge in [-0.15, -0.1) is 0 Å². The Kier molecular flexibility index (Phi) is 5.86. The Bertz CT molecular complexity index is 210. The number of hydrazine groups is 1. The molecule has 0 bridgehead atoms. The molecule has 1 aliphatic heterocycles. The van der Waals surface area contributed by atoms with Gasteiger partial charge in [0.2, 0.25) is 0 Å². The van der Waals surface area contributed by atoms with Crippen LogP contribution in [0.15, 0.2) is 0 Å². The van der Waals surface area contributed by atoms with Crippen LogP contribution in [0.2, 0.25) is 0 Å². The molecular formula is C13H28N2O2. The summed E-state index contributed by atoms with van der Waals surface area (Å²) in [4.78, 5) is 0. The van der Waals surface area contributed by atoms with E-state index in [-0.39, 0.29) is 17.6 Å². The maximum absolute atomic E-state index is 5.70. The summed E-state index contributed by atoms with van der Waals surface area (Å²) in [7, 11) is 1.77. The lowest BCUT2D eigenvalue weighted by atomic mass is 9.80. The molecule has 17 heavy (non-hydrogen) atoms. The molecule has 0 aliphatic carbocycles. The highest BCUT2D eigenvalue weighted by Gasteiger charge is 2.33. The first-order chi connectivity index (χ1) is 7.99. The summed E-state index contributed by atoms with van der Waals surface area (Å²) >= 11 is 0. The Morgan fingerprint density at radius 2 is 1.94 bits per heavy atom. The second-order valence-corrected chi connectivity index (χ2v) is 6.09. The largest absolute Gasteiger partial charge is 0.381 e. The molecule has 1 heterocycles. The summed E-state index contributed by atoms with van der Waals surface area (Å²) in [6.07, 6.45) is 3.48. The van der Waals surface area contributed by atoms with Crippen molar-refractivity contribution in [3.8, 4) is 0 Å². The van der Waals surface area contributed by atoms with Gasteiger partial charge in [0.05, 0.1) is 6.10 Å². The van der Waals surface area contributed by atoms with Crippen LogP contribution in [0.4, 0.5) is 0 Å². The third kappa shape index (κ3) is 4.54. The van der Waals surface area contributed by atoms with Gasteiger partial charge in [-0.1, -0.05) is 20.8 Å². The van der Waals surface area contributed by atoms with E-state index in [0.717, 1.165) is 32.5 Å². The van der Waals surface area contributed by atoms with Gasteiger partial charge in [0.15, 0.2) is 0 Å². The quantitative estimate of drug-likeness (QED) is 0.571. The molecule has 1 fully saturated rings. The molecule has 0 radical (unpaired) electrons. The molecule has 102 valence electrons. The number of hydrogen-bond acceptors (Lipinski definition) is 4. The molecule has 1 aliphatic rings. The number of methoxy groups -OCH3 is 1. The number of rotatable bonds is 5. The van der Waals surface area contributed by atoms with Crippen molar-refractivity contribution < 1.29 is 9.47 Å². The highest BCUT2D eigenvalue weighted by molar-refractivity contribution is 4.87. The van der Waals surface area contributed by atoms with Crippen molar-refractivity contribution in [1.82, 2.24) is 5.43 Å². The Morgan fingerprint density at radius 1 is 1.35 bits per heavy atom. The number of ether oxygens (including phenoxy) is 2. The minimum atomic E-state index is 0.0942. The first-order valence-electron chi connectivity index (χ1n) is 6.55. The van der Waals surface area contributed by atoms with Gasteiger partial charge in [0.1, 0.15) is 0 Å². The fourth-order valence-electron chi connectivity index (χ4n) is 2.74. The number of hydrogen-bond donors (Lipinski definition) is 2. The van der Waals surface area contributed by atoms with Crippen LogP contribution in [0.5, 0.6) is 0 Å². The highest BCUT2D eigenvalue weighted by Crippen LogP contribution is 2.29. The molecule has 1 saturated heterocycles. The van der Waals surface area contributed by atoms with E-state index in [1.54, 1.807) is 7.11 Å². The predicted octanol–water partition coefficient (Wildman–Crippen LogP) is 1.70. The van der Waals surface area contributed by atoms with Crippen LogP contribution in [-0.4, -0.2) is 32.5 Å². The molecule has 1 rings (SSSR count). The smallest absolute Gasteiger partial charge is 0.0785 e. The standard InChI is InChI=1S/C13H28N2O2/c1-13(2,3)12(16-4)11(15-14)9-10-5-7-17-8-6-10/h10-12,15H,5-9,14H2,1-4H3. The Hall–Kier alpha value is -0.160. The molecular weight excluding hydrogens is 216 g/mol. The first kappa shape index (κ1) is 14.9. The van der Waals surface area contributed by atoms with Gasteiger partial charge in [0, 0.05) is 26.4 Å². The van der Waals surface area contributed by atoms with E-state index in [4.69, 9.17) is 15.3 Å². The molecule has 0 saturated carbocycles. The monoisotopic (exact) mass is 244 g/mol. The SMILES string of the molecule is COC(C(CC1CCOCC1)NN)C(C)(C)C. The zero-order chi connectivity index (χ0) is 12.9. The van der Waals surface area contributed by atoms with Crippen molar-refractivity contribution in [2.75, 3.05) is 20.3 Å². The average molecular weight is 244 g/mol. The van der Waals surface area contributed by atoms with Gasteiger partial charge < -0.3 is 9.47 Å². The number of nitrogens with two attached hydrogens (primary N) is 1. The summed E-state index contributed by atoms with van der Waals surface area (Å²) < 4.78 is 11.0. The van der Waals surface area contributed by atoms with Crippen molar-refractivity contribution in [2.24, 2.45) is 17.2 Å². The highest BCUT2D eigenvalue weighted by atomic mass is 16.5. The molecule has 0 aromatic rings. The van der Waals surface area contributed by atoms with Crippen molar-refractivity contribution >= 4 is 0 Å². The second-order valence-electron chi connectivity index (χ2n) is 6.09. The Balaban J connectivity index is 2.56. The van der Waals surface area contributed by atoms with Crippen molar-refractivity contribution in [1.29, 1.82) is 0 Å². The van der Waals surface area contributed by atoms with E-state index >= 15 is 0 Å². The van der Waals surface area contributed by atoms with E-state index in [9.17, 15) is 0 Å². The molecule has 0 aromatic heterocycles. The fraction of sp³-hybridized carbons (Fsp3) is 1.00. The van der Waals surface area contributed by atoms with Gasteiger partial charge in [-0.25, -0.2) is 0 Å². The molecule has 3 N–H and O–H groups in total. The average Bonchev–Trinajstić information content (AvgIpc) is 2.28. The lowest BCUT2D eigenvalue weighted by Crippen LogP contribution is -2.51. The van der Waals surface area contributed by atoms with Crippen molar-refractivity contribution in [2.45, 2.75) is 52.2 Å². The van der Waals surface area contributed by atoms with Crippen LogP contribution in [0.25, 0.3) is 0 Å². The van der Waals surface area contributed by atoms with Gasteiger partial charge in [-0.05, 0) is 30.6 Å². The van der Waals surface area contributed by atoms with Crippen LogP contribution in [0, 0.1) is 11.3 Å². The number of nitrogens with one attached hydrogen (secondary N) is 1. The zero-order valence-electron chi connectivity index (χ0n) is 11.7. The topological polar surface area (TPSA) is 56.5 Å². The molecule has 0 spiro atoms. The summed E-state index contributed by atoms with van der Waals surface area (Å²) in [6, 6.07) is 0.211. The van der Waals surface area contributed by atoms with Gasteiger partial charge in [-0.2, -0.15) is 0 Å². The van der Waals surface area contributed by atoms with Crippen molar-refractivity contribution in [3.05, 3.63) is 0 Å². The van der Waals surface area contributed by atoms with Crippen LogP contribution >= 0.6 is 0 Å². The lowest BCUT2D eigenvalue weighted by molar-refractivity contribution is -0.0234. The minimum absolute atomic E-state index is 0.0942. The predicted molar refractivity (Wildman–Crippen MR) is 69.5 cm³/mol. The third-order valence-electron chi connectivity index (χ3n) is 3.62. The van der Waals surface area contributed by atoms with Crippen LogP contribution in [0.1, 0.15) is 40.0 Å². The van der Waals surface area contributed by atoms with Crippen LogP contribution in [-0.2, 0) is 9.47 Å². The Labute approximate surface area is 105 Å². The molecule has 4 nitrogen and oxygen atoms in total. The van der Waals surface area contributed by atoms with E-state index in [0.29, 0.717) is 5.92 Å². The van der Waals surface area contributed by atoms with Gasteiger partial charge in [0.25, 0.3) is 0 Å². The van der Waals surface area contributed by atoms with E-state index in [1.807, 2.05) is 0 Å². The van der Waals surface area contributed by atoms with Gasteiger partial charge >= 0.3 is 0 Å². The maximum Gasteiger partial charge on any atom is 0.0785 e. The lowest BCUT2D eigenvalue weighted by Gasteiger charge is -2.37. The van der Waals surface area contributed by atoms with E-state index < -0.39 is 0 Å². The molecule has 2 unspecified atom stereocenters. The summed E-state index contributed by atoms with van der Waals surface area (Å²) in [5.74, 6) is 6.40. The summed E-state index contributed by atoms with van der Waals surface area (Å²) in [5, 5.41) is 0. The van der Waals surface area contributed by atoms with E-state index in [1.165, 1.54) is 0 Å². The van der Waals surface area contributed by atoms with Gasteiger partial charge in [-0.3, -0.25) is 11.3 Å². The minimum Gasteiger partial charge on any atom is -0.381 e. The maximum atomic E-state index is 5.70. The zero-order valence-corrected chi connectivity index (χ0v) is 11.7. The summed E-state index contributed by atoms with van der Waals surface area (Å²) in [5.41, 5.74) is 3.04. The van der Waals surface area contributed by atoms with Crippen LogP contribution in [0.3, 0.4) is 0 Å².